The van der Waals surface area contributed by atoms with E-state index < -0.39 is 0 Å². The maximum Gasteiger partial charge on any atom is 0.298 e. The molecule has 2 aromatic carbocycles. The lowest BCUT2D eigenvalue weighted by molar-refractivity contribution is -0.113. The number of benzene rings is 2. The van der Waals surface area contributed by atoms with Crippen molar-refractivity contribution in [3.63, 3.8) is 0 Å². The summed E-state index contributed by atoms with van der Waals surface area (Å²) in [5.41, 5.74) is 2.69. The molecular weight excluding hydrogens is 334 g/mol. The molecule has 0 unspecified atom stereocenters. The van der Waals surface area contributed by atoms with Crippen LogP contribution in [-0.2, 0) is 4.79 Å². The molecule has 1 heterocycles. The molecular formula is C20H19NO3S. The van der Waals surface area contributed by atoms with E-state index in [4.69, 9.17) is 4.74 Å². The summed E-state index contributed by atoms with van der Waals surface area (Å²) in [6.45, 7) is 4.27. The third kappa shape index (κ3) is 3.61. The Hall–Kier alpha value is -2.53. The van der Waals surface area contributed by atoms with Gasteiger partial charge in [-0.2, -0.15) is 0 Å². The van der Waals surface area contributed by atoms with Gasteiger partial charge >= 0.3 is 0 Å². The molecule has 0 bridgehead atoms. The van der Waals surface area contributed by atoms with Gasteiger partial charge in [-0.25, -0.2) is 4.90 Å². The number of nitrogens with zero attached hydrogens (tertiary/aromatic N) is 1. The van der Waals surface area contributed by atoms with Crippen LogP contribution in [0.15, 0.2) is 53.4 Å². The van der Waals surface area contributed by atoms with Gasteiger partial charge in [0.25, 0.3) is 11.1 Å². The normalized spacial score (nSPS) is 16.2. The number of methoxy groups -OCH3 is 1. The Morgan fingerprint density at radius 1 is 1.00 bits per heavy atom. The first kappa shape index (κ1) is 17.3. The molecule has 0 atom stereocenters. The molecule has 1 fully saturated rings. The Kier molecular flexibility index (Phi) is 4.95. The average Bonchev–Trinajstić information content (AvgIpc) is 2.89. The molecule has 4 nitrogen and oxygen atoms in total. The number of rotatable bonds is 4. The summed E-state index contributed by atoms with van der Waals surface area (Å²) >= 11 is 0.959. The van der Waals surface area contributed by atoms with Gasteiger partial charge in [0.05, 0.1) is 17.7 Å². The zero-order valence-corrected chi connectivity index (χ0v) is 15.2. The highest BCUT2D eigenvalue weighted by atomic mass is 32.2. The highest BCUT2D eigenvalue weighted by Crippen LogP contribution is 2.36. The van der Waals surface area contributed by atoms with Crippen molar-refractivity contribution < 1.29 is 14.3 Å². The first-order valence-electron chi connectivity index (χ1n) is 8.01. The second kappa shape index (κ2) is 7.15. The smallest absolute Gasteiger partial charge is 0.298 e. The van der Waals surface area contributed by atoms with Crippen molar-refractivity contribution in [1.82, 2.24) is 0 Å². The van der Waals surface area contributed by atoms with Gasteiger partial charge in [-0.3, -0.25) is 9.59 Å². The molecule has 3 rings (SSSR count). The van der Waals surface area contributed by atoms with E-state index in [1.165, 1.54) is 10.5 Å². The van der Waals surface area contributed by atoms with Crippen LogP contribution in [0.5, 0.6) is 5.75 Å². The van der Waals surface area contributed by atoms with Crippen molar-refractivity contribution in [2.24, 2.45) is 0 Å². The highest BCUT2D eigenvalue weighted by Gasteiger charge is 2.36. The standard InChI is InChI=1S/C20H19NO3S/c1-13(2)15-6-4-14(5-7-15)12-18-19(22)21(20(23)25-18)16-8-10-17(24-3)11-9-16/h4-13H,1-3H3/b18-12-. The summed E-state index contributed by atoms with van der Waals surface area (Å²) in [6, 6.07) is 14.9. The number of imide groups is 1. The molecule has 2 aromatic rings. The van der Waals surface area contributed by atoms with Crippen molar-refractivity contribution in [1.29, 1.82) is 0 Å². The molecule has 0 aromatic heterocycles. The average molecular weight is 353 g/mol. The number of carbonyl (C=O) groups excluding carboxylic acids is 2. The van der Waals surface area contributed by atoms with Gasteiger partial charge in [-0.15, -0.1) is 0 Å². The van der Waals surface area contributed by atoms with Gasteiger partial charge < -0.3 is 4.74 Å². The molecule has 1 saturated heterocycles. The van der Waals surface area contributed by atoms with E-state index in [-0.39, 0.29) is 11.1 Å². The molecule has 1 aliphatic heterocycles. The van der Waals surface area contributed by atoms with E-state index in [2.05, 4.69) is 13.8 Å². The fraction of sp³-hybridized carbons (Fsp3) is 0.200. The van der Waals surface area contributed by atoms with Gasteiger partial charge in [0.1, 0.15) is 5.75 Å². The van der Waals surface area contributed by atoms with Crippen LogP contribution in [0.3, 0.4) is 0 Å². The summed E-state index contributed by atoms with van der Waals surface area (Å²) in [4.78, 5) is 26.5. The zero-order chi connectivity index (χ0) is 18.0. The lowest BCUT2D eigenvalue weighted by atomic mass is 10.0. The quantitative estimate of drug-likeness (QED) is 0.721. The van der Waals surface area contributed by atoms with Crippen molar-refractivity contribution in [3.05, 3.63) is 64.6 Å². The van der Waals surface area contributed by atoms with Gasteiger partial charge in [-0.1, -0.05) is 38.1 Å². The minimum atomic E-state index is -0.298. The number of anilines is 1. The number of hydrogen-bond acceptors (Lipinski definition) is 4. The molecule has 2 amide bonds. The minimum Gasteiger partial charge on any atom is -0.497 e. The maximum atomic E-state index is 12.6. The summed E-state index contributed by atoms with van der Waals surface area (Å²) in [5, 5.41) is -0.291. The van der Waals surface area contributed by atoms with Crippen LogP contribution in [0, 0.1) is 0 Å². The zero-order valence-electron chi connectivity index (χ0n) is 14.4. The van der Waals surface area contributed by atoms with Crippen molar-refractivity contribution >= 4 is 34.7 Å². The molecule has 5 heteroatoms. The SMILES string of the molecule is COc1ccc(N2C(=O)S/C(=C\c3ccc(C(C)C)cc3)C2=O)cc1. The van der Waals surface area contributed by atoms with Gasteiger partial charge in [-0.05, 0) is 59.1 Å². The summed E-state index contributed by atoms with van der Waals surface area (Å²) in [6.07, 6.45) is 1.76. The highest BCUT2D eigenvalue weighted by molar-refractivity contribution is 8.19. The third-order valence-corrected chi connectivity index (χ3v) is 4.89. The maximum absolute atomic E-state index is 12.6. The van der Waals surface area contributed by atoms with Gasteiger partial charge in [0.15, 0.2) is 0 Å². The van der Waals surface area contributed by atoms with Crippen LogP contribution < -0.4 is 9.64 Å². The van der Waals surface area contributed by atoms with Crippen LogP contribution >= 0.6 is 11.8 Å². The first-order chi connectivity index (χ1) is 12.0. The van der Waals surface area contributed by atoms with Crippen LogP contribution in [0.1, 0.15) is 30.9 Å². The molecule has 0 spiro atoms. The minimum absolute atomic E-state index is 0.291. The number of amides is 2. The van der Waals surface area contributed by atoms with Crippen molar-refractivity contribution in [3.8, 4) is 5.75 Å². The lowest BCUT2D eigenvalue weighted by Gasteiger charge is -2.12. The predicted molar refractivity (Wildman–Crippen MR) is 102 cm³/mol. The molecule has 0 saturated carbocycles. The number of carbonyl (C=O) groups is 2. The van der Waals surface area contributed by atoms with E-state index in [1.54, 1.807) is 37.5 Å². The summed E-state index contributed by atoms with van der Waals surface area (Å²) in [7, 11) is 1.57. The van der Waals surface area contributed by atoms with E-state index in [0.717, 1.165) is 17.3 Å². The fourth-order valence-corrected chi connectivity index (χ4v) is 3.39. The third-order valence-electron chi connectivity index (χ3n) is 4.03. The molecule has 25 heavy (non-hydrogen) atoms. The lowest BCUT2D eigenvalue weighted by Crippen LogP contribution is -2.27. The summed E-state index contributed by atoms with van der Waals surface area (Å²) < 4.78 is 5.11. The predicted octanol–water partition coefficient (Wildman–Crippen LogP) is 5.06. The largest absolute Gasteiger partial charge is 0.497 e. The van der Waals surface area contributed by atoms with Gasteiger partial charge in [0, 0.05) is 0 Å². The van der Waals surface area contributed by atoms with Crippen LogP contribution in [0.4, 0.5) is 10.5 Å². The topological polar surface area (TPSA) is 46.6 Å². The molecule has 0 N–H and O–H groups in total. The molecule has 1 aliphatic rings. The van der Waals surface area contributed by atoms with E-state index in [0.29, 0.717) is 22.3 Å². The molecule has 0 radical (unpaired) electrons. The molecule has 0 aliphatic carbocycles. The second-order valence-electron chi connectivity index (χ2n) is 6.04. The summed E-state index contributed by atoms with van der Waals surface area (Å²) in [5.74, 6) is 0.834. The Balaban J connectivity index is 1.84. The van der Waals surface area contributed by atoms with Crippen LogP contribution in [-0.4, -0.2) is 18.3 Å². The van der Waals surface area contributed by atoms with Gasteiger partial charge in [0.2, 0.25) is 0 Å². The van der Waals surface area contributed by atoms with Crippen molar-refractivity contribution in [2.45, 2.75) is 19.8 Å². The number of ether oxygens (including phenoxy) is 1. The molecule has 128 valence electrons. The number of thioether (sulfide) groups is 1. The van der Waals surface area contributed by atoms with E-state index >= 15 is 0 Å². The monoisotopic (exact) mass is 353 g/mol. The Morgan fingerprint density at radius 2 is 1.64 bits per heavy atom. The van der Waals surface area contributed by atoms with E-state index in [1.807, 2.05) is 24.3 Å². The fourth-order valence-electron chi connectivity index (χ4n) is 2.55. The van der Waals surface area contributed by atoms with Crippen LogP contribution in [0.2, 0.25) is 0 Å². The Bertz CT molecular complexity index is 823. The van der Waals surface area contributed by atoms with Crippen LogP contribution in [0.25, 0.3) is 6.08 Å². The van der Waals surface area contributed by atoms with E-state index in [9.17, 15) is 9.59 Å². The second-order valence-corrected chi connectivity index (χ2v) is 7.03. The first-order valence-corrected chi connectivity index (χ1v) is 8.83. The number of hydrogen-bond donors (Lipinski definition) is 0. The Labute approximate surface area is 151 Å². The Morgan fingerprint density at radius 3 is 2.20 bits per heavy atom. The van der Waals surface area contributed by atoms with Crippen molar-refractivity contribution in [2.75, 3.05) is 12.0 Å².